The largest absolute Gasteiger partial charge is 0.397 e. The van der Waals surface area contributed by atoms with Crippen molar-refractivity contribution in [2.75, 3.05) is 19.8 Å². The van der Waals surface area contributed by atoms with Crippen molar-refractivity contribution < 1.29 is 200 Å². The summed E-state index contributed by atoms with van der Waals surface area (Å²) >= 11 is 0. The predicted octanol–water partition coefficient (Wildman–Crippen LogP) is -0.788. The second-order valence-corrected chi connectivity index (χ2v) is 36.7. The first-order chi connectivity index (χ1) is 45.7. The van der Waals surface area contributed by atoms with E-state index in [0.717, 1.165) is 51.4 Å². The number of hydrogen-bond donors (Lipinski definition) is 10. The highest BCUT2D eigenvalue weighted by molar-refractivity contribution is 7.83. The van der Waals surface area contributed by atoms with Gasteiger partial charge in [0.25, 0.3) is 0 Å². The minimum Gasteiger partial charge on any atom is -0.347 e. The van der Waals surface area contributed by atoms with Gasteiger partial charge in [0.05, 0.1) is 25.9 Å². The molecule has 0 aromatic heterocycles. The second kappa shape index (κ2) is 32.2. The molecule has 0 aromatic carbocycles. The molecule has 4 saturated carbocycles. The van der Waals surface area contributed by atoms with Crippen molar-refractivity contribution in [1.82, 2.24) is 0 Å². The van der Waals surface area contributed by atoms with Gasteiger partial charge in [-0.05, 0) is 110 Å². The van der Waals surface area contributed by atoms with Crippen molar-refractivity contribution >= 4 is 104 Å². The predicted molar refractivity (Wildman–Crippen MR) is 321 cm³/mol. The summed E-state index contributed by atoms with van der Waals surface area (Å²) in [5.74, 6) is 1.95. The van der Waals surface area contributed by atoms with Crippen LogP contribution in [0.3, 0.4) is 0 Å². The van der Waals surface area contributed by atoms with Crippen molar-refractivity contribution in [1.29, 1.82) is 0 Å². The first-order valence-corrected chi connectivity index (χ1v) is 43.7. The molecule has 46 nitrogen and oxygen atoms in total. The van der Waals surface area contributed by atoms with Crippen LogP contribution in [-0.4, -0.2) is 248 Å². The summed E-state index contributed by atoms with van der Waals surface area (Å²) < 4.78 is 428. The fourth-order valence-corrected chi connectivity index (χ4v) is 20.2. The fourth-order valence-electron chi connectivity index (χ4n) is 15.7. The van der Waals surface area contributed by atoms with Crippen LogP contribution in [0.25, 0.3) is 0 Å². The van der Waals surface area contributed by atoms with E-state index in [1.165, 1.54) is 0 Å². The van der Waals surface area contributed by atoms with Crippen LogP contribution in [0.1, 0.15) is 112 Å². The van der Waals surface area contributed by atoms with E-state index in [-0.39, 0.29) is 36.0 Å². The monoisotopic (exact) mass is 1670 g/mol. The molecule has 3 saturated heterocycles. The summed E-state index contributed by atoms with van der Waals surface area (Å²) in [6.07, 6.45) is -41.8. The third-order valence-electron chi connectivity index (χ3n) is 19.3. The Kier molecular flexibility index (Phi) is 27.6. The molecule has 0 aromatic rings. The standard InChI is InChI=1S/C45H78O46S10/c1-21(2)7-6-8-22(3)26-11-12-27-25-10-9-23-17-24(13-15-44(23,4)28(25)14-16-45(26,27)5)79-41-38(36(88-98(64,65)66)33(86-96(58,59)60)30(80-41)19-77-93(49,50)51)84-42-39(90-100(70,71)72)35(32(85-95(55,56)57)29(81-42)18-76-92(46,47)48)83-43-40(91-101(73,74)75)37(89-99(67,68)69)34(87-97(61,62)63)31(82-43)20-78-94(52,53)54/h21-43H,6-20H2,1-5H3,(H,46,47,48)(H,49,50,51)(H,52,53,54)(H,55,56,57)(H,58,59,60)(H,61,62,63)(H,64,65,66)(H,67,68,69)(H,70,71,72)(H,73,74,75)/t22-,23+,24+,25+,26-,27+,28+,29-,30-,31-,32-,33-,34-,35+,36+,37+,38+,39+,40+,41+,42-,43-,44+,45-/m1/s1. The summed E-state index contributed by atoms with van der Waals surface area (Å²) in [5, 5.41) is 0. The van der Waals surface area contributed by atoms with Crippen molar-refractivity contribution in [2.45, 2.75) is 210 Å². The molecule has 0 bridgehead atoms. The number of hydrogen-bond acceptors (Lipinski definition) is 36. The summed E-state index contributed by atoms with van der Waals surface area (Å²) in [7, 11) is -62.1. The Morgan fingerprint density at radius 1 is 0.366 bits per heavy atom. The Hall–Kier alpha value is -1.54. The highest BCUT2D eigenvalue weighted by atomic mass is 32.3. The van der Waals surface area contributed by atoms with Crippen LogP contribution in [0.15, 0.2) is 0 Å². The van der Waals surface area contributed by atoms with Crippen molar-refractivity contribution in [3.05, 3.63) is 0 Å². The van der Waals surface area contributed by atoms with Gasteiger partial charge in [0.2, 0.25) is 0 Å². The Morgan fingerprint density at radius 3 is 1.12 bits per heavy atom. The lowest BCUT2D eigenvalue weighted by atomic mass is 9.44. The average molecular weight is 1680 g/mol. The fraction of sp³-hybridized carbons (Fsp3) is 1.00. The van der Waals surface area contributed by atoms with Gasteiger partial charge in [-0.1, -0.05) is 53.9 Å². The number of ether oxygens (including phenoxy) is 6. The molecule has 56 heteroatoms. The summed E-state index contributed by atoms with van der Waals surface area (Å²) in [4.78, 5) is 0. The highest BCUT2D eigenvalue weighted by Crippen LogP contribution is 2.69. The maximum atomic E-state index is 13.1. The van der Waals surface area contributed by atoms with Crippen LogP contribution in [-0.2, 0) is 174 Å². The zero-order valence-corrected chi connectivity index (χ0v) is 61.3. The first kappa shape index (κ1) is 86.7. The van der Waals surface area contributed by atoms with Crippen molar-refractivity contribution in [3.63, 3.8) is 0 Å². The van der Waals surface area contributed by atoms with Crippen molar-refractivity contribution in [3.8, 4) is 0 Å². The minimum atomic E-state index is -6.54. The van der Waals surface area contributed by atoms with E-state index in [9.17, 15) is 130 Å². The number of rotatable bonds is 34. The zero-order chi connectivity index (χ0) is 76.2. The molecule has 10 N–H and O–H groups in total. The molecule has 7 rings (SSSR count). The van der Waals surface area contributed by atoms with E-state index in [4.69, 9.17) is 36.8 Å². The van der Waals surface area contributed by atoms with Crippen LogP contribution in [0, 0.1) is 52.3 Å². The first-order valence-electron chi connectivity index (χ1n) is 30.1. The Bertz CT molecular complexity index is 4090. The van der Waals surface area contributed by atoms with E-state index in [1.807, 2.05) is 0 Å². The molecule has 3 heterocycles. The van der Waals surface area contributed by atoms with E-state index in [0.29, 0.717) is 36.5 Å². The molecular formula is C45H78O46S10. The molecule has 3 aliphatic heterocycles. The van der Waals surface area contributed by atoms with E-state index in [1.54, 1.807) is 0 Å². The lowest BCUT2D eigenvalue weighted by molar-refractivity contribution is -0.379. The smallest absolute Gasteiger partial charge is 0.347 e. The molecule has 7 aliphatic rings. The molecule has 7 fully saturated rings. The normalized spacial score (nSPS) is 37.8. The average Bonchev–Trinajstić information content (AvgIpc) is 1.69. The Balaban J connectivity index is 1.39. The second-order valence-electron chi connectivity index (χ2n) is 26.1. The minimum absolute atomic E-state index is 0.0155. The quantitative estimate of drug-likeness (QED) is 0.0279. The SMILES string of the molecule is CC(C)CCC[C@@H](C)[C@H]1CC[C@H]2[C@@H]3CC[C@H]4C[C@@H](O[C@H]5O[C@H](COS(=O)(=O)O)[C@@H](OS(=O)(=O)O)[C@H](OS(=O)(=O)O)[C@@H]5O[C@H]5O[C@H](COS(=O)(=O)O)[C@@H](OS(=O)(=O)O)[C@H](O[C@H]6O[C@H](COS(=O)(=O)O)[C@@H](OS(=O)(=O)O)[C@H](OS(=O)(=O)O)[C@@H]6OS(=O)(=O)O)[C@@H]5OS(=O)(=O)O)CC[C@]4(C)[C@H]3CC[C@]12C. The van der Waals surface area contributed by atoms with Gasteiger partial charge in [0.1, 0.15) is 61.0 Å². The van der Waals surface area contributed by atoms with Gasteiger partial charge >= 0.3 is 104 Å². The lowest BCUT2D eigenvalue weighted by Crippen LogP contribution is -2.69. The summed E-state index contributed by atoms with van der Waals surface area (Å²) in [5.41, 5.74) is -0.417. The molecule has 24 atom stereocenters. The maximum Gasteiger partial charge on any atom is 0.397 e. The topological polar surface area (TPSA) is 691 Å². The van der Waals surface area contributed by atoms with Gasteiger partial charge in [-0.3, -0.25) is 45.5 Å². The molecule has 0 spiro atoms. The van der Waals surface area contributed by atoms with Crippen LogP contribution in [0.5, 0.6) is 0 Å². The van der Waals surface area contributed by atoms with Crippen LogP contribution < -0.4 is 0 Å². The maximum absolute atomic E-state index is 13.1. The van der Waals surface area contributed by atoms with Crippen molar-refractivity contribution in [2.24, 2.45) is 52.3 Å². The van der Waals surface area contributed by atoms with Crippen LogP contribution in [0.2, 0.25) is 0 Å². The van der Waals surface area contributed by atoms with Gasteiger partial charge in [0, 0.05) is 0 Å². The summed E-state index contributed by atoms with van der Waals surface area (Å²) in [6, 6.07) is 0. The summed E-state index contributed by atoms with van der Waals surface area (Å²) in [6.45, 7) is 5.19. The third kappa shape index (κ3) is 25.0. The molecule has 4 aliphatic carbocycles. The van der Waals surface area contributed by atoms with E-state index in [2.05, 4.69) is 68.1 Å². The van der Waals surface area contributed by atoms with E-state index >= 15 is 0 Å². The van der Waals surface area contributed by atoms with Gasteiger partial charge in [-0.25, -0.2) is 41.8 Å². The van der Waals surface area contributed by atoms with Gasteiger partial charge in [-0.15, -0.1) is 0 Å². The molecule has 0 radical (unpaired) electrons. The number of fused-ring (bicyclic) bond motifs is 5. The van der Waals surface area contributed by atoms with Crippen LogP contribution in [0.4, 0.5) is 0 Å². The van der Waals surface area contributed by atoms with Gasteiger partial charge in [0.15, 0.2) is 31.1 Å². The molecule has 0 amide bonds. The van der Waals surface area contributed by atoms with Crippen LogP contribution >= 0.6 is 0 Å². The molecule has 101 heavy (non-hydrogen) atoms. The molecule has 594 valence electrons. The van der Waals surface area contributed by atoms with Gasteiger partial charge < -0.3 is 28.4 Å². The lowest BCUT2D eigenvalue weighted by Gasteiger charge is -2.61. The Morgan fingerprint density at radius 2 is 0.713 bits per heavy atom. The molecular weight excluding hydrogens is 1600 g/mol. The third-order valence-corrected chi connectivity index (χ3v) is 23.8. The van der Waals surface area contributed by atoms with Gasteiger partial charge in [-0.2, -0.15) is 84.2 Å². The molecule has 0 unspecified atom stereocenters. The zero-order valence-electron chi connectivity index (χ0n) is 53.1. The highest BCUT2D eigenvalue weighted by Gasteiger charge is 2.64. The Labute approximate surface area is 582 Å². The van der Waals surface area contributed by atoms with E-state index < -0.39 is 227 Å².